The summed E-state index contributed by atoms with van der Waals surface area (Å²) in [6.45, 7) is 2.95. The van der Waals surface area contributed by atoms with E-state index in [-0.39, 0.29) is 0 Å². The molecular formula is C18H20N2O2S. The first-order valence-electron chi connectivity index (χ1n) is 7.50. The van der Waals surface area contributed by atoms with Crippen LogP contribution >= 0.6 is 11.3 Å². The standard InChI is InChI=1S/C18H20N2O2S/c1-13(17-5-4-10-23-17)20(2)11-15-12-22-18(19-15)14-6-8-16(21-3)9-7-14/h4-10,12-13H,11H2,1-3H3. The SMILES string of the molecule is COc1ccc(-c2nc(CN(C)C(C)c3cccs3)co2)cc1. The number of thiophene rings is 1. The van der Waals surface area contributed by atoms with Crippen LogP contribution in [0.2, 0.25) is 0 Å². The number of methoxy groups -OCH3 is 1. The van der Waals surface area contributed by atoms with E-state index in [9.17, 15) is 0 Å². The molecule has 0 spiro atoms. The van der Waals surface area contributed by atoms with Gasteiger partial charge in [0.2, 0.25) is 5.89 Å². The minimum Gasteiger partial charge on any atom is -0.497 e. The Morgan fingerprint density at radius 2 is 2.04 bits per heavy atom. The molecule has 0 bridgehead atoms. The van der Waals surface area contributed by atoms with Crippen molar-refractivity contribution in [1.82, 2.24) is 9.88 Å². The maximum Gasteiger partial charge on any atom is 0.226 e. The lowest BCUT2D eigenvalue weighted by molar-refractivity contribution is 0.253. The summed E-state index contributed by atoms with van der Waals surface area (Å²) in [5.41, 5.74) is 1.88. The Balaban J connectivity index is 1.69. The molecule has 1 atom stereocenters. The Kier molecular flexibility index (Phi) is 4.79. The predicted octanol–water partition coefficient (Wildman–Crippen LogP) is 4.60. The van der Waals surface area contributed by atoms with Gasteiger partial charge in [-0.3, -0.25) is 4.90 Å². The van der Waals surface area contributed by atoms with Gasteiger partial charge in [-0.1, -0.05) is 6.07 Å². The fourth-order valence-corrected chi connectivity index (χ4v) is 3.23. The molecule has 0 saturated carbocycles. The van der Waals surface area contributed by atoms with E-state index in [0.717, 1.165) is 23.6 Å². The molecule has 0 fully saturated rings. The summed E-state index contributed by atoms with van der Waals surface area (Å²) in [6.07, 6.45) is 1.73. The van der Waals surface area contributed by atoms with Crippen LogP contribution in [0.3, 0.4) is 0 Å². The normalized spacial score (nSPS) is 12.5. The lowest BCUT2D eigenvalue weighted by Gasteiger charge is -2.22. The van der Waals surface area contributed by atoms with Crippen molar-refractivity contribution < 1.29 is 9.15 Å². The summed E-state index contributed by atoms with van der Waals surface area (Å²) in [5.74, 6) is 1.46. The van der Waals surface area contributed by atoms with Crippen LogP contribution in [0, 0.1) is 0 Å². The molecule has 0 aliphatic rings. The maximum atomic E-state index is 5.62. The zero-order valence-electron chi connectivity index (χ0n) is 13.5. The molecule has 2 aromatic heterocycles. The van der Waals surface area contributed by atoms with E-state index < -0.39 is 0 Å². The van der Waals surface area contributed by atoms with Gasteiger partial charge in [0.15, 0.2) is 0 Å². The fourth-order valence-electron chi connectivity index (χ4n) is 2.38. The number of rotatable bonds is 6. The average molecular weight is 328 g/mol. The highest BCUT2D eigenvalue weighted by atomic mass is 32.1. The smallest absolute Gasteiger partial charge is 0.226 e. The molecular weight excluding hydrogens is 308 g/mol. The number of hydrogen-bond acceptors (Lipinski definition) is 5. The van der Waals surface area contributed by atoms with Gasteiger partial charge in [0.1, 0.15) is 12.0 Å². The molecule has 1 aromatic carbocycles. The molecule has 120 valence electrons. The van der Waals surface area contributed by atoms with Crippen molar-refractivity contribution in [2.45, 2.75) is 19.5 Å². The van der Waals surface area contributed by atoms with E-state index in [4.69, 9.17) is 9.15 Å². The molecule has 2 heterocycles. The molecule has 3 rings (SSSR count). The Hall–Kier alpha value is -2.11. The van der Waals surface area contributed by atoms with Gasteiger partial charge in [-0.15, -0.1) is 11.3 Å². The van der Waals surface area contributed by atoms with Crippen LogP contribution in [0.4, 0.5) is 0 Å². The molecule has 4 nitrogen and oxygen atoms in total. The van der Waals surface area contributed by atoms with E-state index in [2.05, 4.69) is 41.4 Å². The van der Waals surface area contributed by atoms with Gasteiger partial charge in [0.25, 0.3) is 0 Å². The third-order valence-corrected chi connectivity index (χ3v) is 4.96. The number of oxazole rings is 1. The number of ether oxygens (including phenoxy) is 1. The Bertz CT molecular complexity index is 735. The minimum absolute atomic E-state index is 0.358. The van der Waals surface area contributed by atoms with E-state index in [1.165, 1.54) is 4.88 Å². The third-order valence-electron chi connectivity index (χ3n) is 3.92. The molecule has 5 heteroatoms. The van der Waals surface area contributed by atoms with Crippen molar-refractivity contribution in [3.05, 3.63) is 58.6 Å². The maximum absolute atomic E-state index is 5.62. The van der Waals surface area contributed by atoms with Crippen molar-refractivity contribution in [2.24, 2.45) is 0 Å². The van der Waals surface area contributed by atoms with Crippen LogP contribution in [-0.2, 0) is 6.54 Å². The Morgan fingerprint density at radius 3 is 2.70 bits per heavy atom. The van der Waals surface area contributed by atoms with Gasteiger partial charge < -0.3 is 9.15 Å². The van der Waals surface area contributed by atoms with Crippen LogP contribution in [-0.4, -0.2) is 24.0 Å². The molecule has 0 N–H and O–H groups in total. The molecule has 0 aliphatic heterocycles. The molecule has 0 amide bonds. The van der Waals surface area contributed by atoms with Crippen molar-refractivity contribution >= 4 is 11.3 Å². The summed E-state index contributed by atoms with van der Waals surface area (Å²) in [7, 11) is 3.76. The molecule has 0 saturated heterocycles. The first-order chi connectivity index (χ1) is 11.2. The lowest BCUT2D eigenvalue weighted by atomic mass is 10.2. The fraction of sp³-hybridized carbons (Fsp3) is 0.278. The number of nitrogens with zero attached hydrogens (tertiary/aromatic N) is 2. The molecule has 1 unspecified atom stereocenters. The third kappa shape index (κ3) is 3.63. The van der Waals surface area contributed by atoms with Gasteiger partial charge in [-0.25, -0.2) is 4.98 Å². The minimum atomic E-state index is 0.358. The summed E-state index contributed by atoms with van der Waals surface area (Å²) in [5, 5.41) is 2.11. The first kappa shape index (κ1) is 15.8. The predicted molar refractivity (Wildman–Crippen MR) is 92.7 cm³/mol. The van der Waals surface area contributed by atoms with Gasteiger partial charge in [-0.05, 0) is 49.7 Å². The molecule has 3 aromatic rings. The lowest BCUT2D eigenvalue weighted by Crippen LogP contribution is -2.21. The van der Waals surface area contributed by atoms with Crippen LogP contribution < -0.4 is 4.74 Å². The molecule has 23 heavy (non-hydrogen) atoms. The number of hydrogen-bond donors (Lipinski definition) is 0. The highest BCUT2D eigenvalue weighted by Crippen LogP contribution is 2.26. The second kappa shape index (κ2) is 6.98. The quantitative estimate of drug-likeness (QED) is 0.662. The summed E-state index contributed by atoms with van der Waals surface area (Å²) >= 11 is 1.78. The van der Waals surface area contributed by atoms with Gasteiger partial charge in [0.05, 0.1) is 12.8 Å². The topological polar surface area (TPSA) is 38.5 Å². The van der Waals surface area contributed by atoms with Crippen LogP contribution in [0.1, 0.15) is 23.5 Å². The summed E-state index contributed by atoms with van der Waals surface area (Å²) in [6, 6.07) is 12.3. The number of benzene rings is 1. The van der Waals surface area contributed by atoms with Crippen LogP contribution in [0.25, 0.3) is 11.5 Å². The summed E-state index contributed by atoms with van der Waals surface area (Å²) < 4.78 is 10.8. The Morgan fingerprint density at radius 1 is 1.26 bits per heavy atom. The Labute approximate surface area is 140 Å². The van der Waals surface area contributed by atoms with E-state index in [0.29, 0.717) is 11.9 Å². The zero-order chi connectivity index (χ0) is 16.2. The van der Waals surface area contributed by atoms with Gasteiger partial charge in [-0.2, -0.15) is 0 Å². The monoisotopic (exact) mass is 328 g/mol. The largest absolute Gasteiger partial charge is 0.497 e. The van der Waals surface area contributed by atoms with Crippen molar-refractivity contribution in [3.8, 4) is 17.2 Å². The first-order valence-corrected chi connectivity index (χ1v) is 8.38. The van der Waals surface area contributed by atoms with E-state index >= 15 is 0 Å². The van der Waals surface area contributed by atoms with Crippen molar-refractivity contribution in [3.63, 3.8) is 0 Å². The summed E-state index contributed by atoms with van der Waals surface area (Å²) in [4.78, 5) is 8.21. The van der Waals surface area contributed by atoms with Crippen LogP contribution in [0.5, 0.6) is 5.75 Å². The average Bonchev–Trinajstić information content (AvgIpc) is 3.26. The second-order valence-electron chi connectivity index (χ2n) is 5.48. The zero-order valence-corrected chi connectivity index (χ0v) is 14.3. The highest BCUT2D eigenvalue weighted by molar-refractivity contribution is 7.10. The molecule has 0 radical (unpaired) electrons. The van der Waals surface area contributed by atoms with E-state index in [1.54, 1.807) is 24.7 Å². The van der Waals surface area contributed by atoms with Crippen molar-refractivity contribution in [1.29, 1.82) is 0 Å². The van der Waals surface area contributed by atoms with Gasteiger partial charge >= 0.3 is 0 Å². The second-order valence-corrected chi connectivity index (χ2v) is 6.46. The van der Waals surface area contributed by atoms with Gasteiger partial charge in [0, 0.05) is 23.0 Å². The van der Waals surface area contributed by atoms with E-state index in [1.807, 2.05) is 24.3 Å². The van der Waals surface area contributed by atoms with Crippen LogP contribution in [0.15, 0.2) is 52.5 Å². The molecule has 0 aliphatic carbocycles. The number of aromatic nitrogens is 1. The van der Waals surface area contributed by atoms with Crippen molar-refractivity contribution in [2.75, 3.05) is 14.2 Å². The highest BCUT2D eigenvalue weighted by Gasteiger charge is 2.15.